The zero-order valence-electron chi connectivity index (χ0n) is 12.7. The molecule has 0 aliphatic carbocycles. The van der Waals surface area contributed by atoms with Crippen molar-refractivity contribution in [2.45, 2.75) is 33.1 Å². The Morgan fingerprint density at radius 3 is 2.19 bits per heavy atom. The highest BCUT2D eigenvalue weighted by Crippen LogP contribution is 2.45. The van der Waals surface area contributed by atoms with Crippen LogP contribution in [0.25, 0.3) is 0 Å². The van der Waals surface area contributed by atoms with Gasteiger partial charge in [-0.1, -0.05) is 6.92 Å². The number of ether oxygens (including phenoxy) is 3. The molecule has 1 heterocycles. The summed E-state index contributed by atoms with van der Waals surface area (Å²) >= 11 is 6.16. The molecular weight excluding hydrogens is 300 g/mol. The van der Waals surface area contributed by atoms with Gasteiger partial charge < -0.3 is 14.2 Å². The Hall–Kier alpha value is -1.30. The first-order chi connectivity index (χ1) is 9.79. The fraction of sp³-hybridized carbons (Fsp3) is 0.786. The predicted octanol–water partition coefficient (Wildman–Crippen LogP) is 1.54. The summed E-state index contributed by atoms with van der Waals surface area (Å²) in [4.78, 5) is 36.3. The molecule has 0 radical (unpaired) electrons. The second-order valence-corrected chi connectivity index (χ2v) is 5.84. The maximum Gasteiger partial charge on any atom is 0.321 e. The van der Waals surface area contributed by atoms with Gasteiger partial charge in [-0.3, -0.25) is 14.4 Å². The summed E-state index contributed by atoms with van der Waals surface area (Å²) in [6, 6.07) is 0. The van der Waals surface area contributed by atoms with E-state index in [1.54, 1.807) is 27.7 Å². The third-order valence-corrected chi connectivity index (χ3v) is 4.31. The van der Waals surface area contributed by atoms with E-state index in [1.165, 1.54) is 0 Å². The van der Waals surface area contributed by atoms with Crippen LogP contribution in [-0.4, -0.2) is 43.1 Å². The summed E-state index contributed by atoms with van der Waals surface area (Å²) in [5.41, 5.74) is -0.844. The van der Waals surface area contributed by atoms with E-state index < -0.39 is 40.5 Å². The number of esters is 3. The van der Waals surface area contributed by atoms with E-state index in [0.29, 0.717) is 0 Å². The molecule has 1 aliphatic rings. The van der Waals surface area contributed by atoms with Crippen LogP contribution in [0.15, 0.2) is 0 Å². The van der Waals surface area contributed by atoms with E-state index in [2.05, 4.69) is 0 Å². The molecule has 7 heteroatoms. The van der Waals surface area contributed by atoms with Crippen molar-refractivity contribution < 1.29 is 28.6 Å². The molecule has 21 heavy (non-hydrogen) atoms. The highest BCUT2D eigenvalue weighted by atomic mass is 35.5. The first kappa shape index (κ1) is 17.8. The smallest absolute Gasteiger partial charge is 0.321 e. The maximum atomic E-state index is 12.1. The molecule has 0 bridgehead atoms. The number of carbonyl (C=O) groups is 3. The van der Waals surface area contributed by atoms with Gasteiger partial charge >= 0.3 is 17.9 Å². The van der Waals surface area contributed by atoms with Crippen LogP contribution in [0.5, 0.6) is 0 Å². The Labute approximate surface area is 129 Å². The number of cyclic esters (lactones) is 1. The van der Waals surface area contributed by atoms with Crippen LogP contribution >= 0.6 is 11.6 Å². The van der Waals surface area contributed by atoms with Crippen LogP contribution in [0, 0.1) is 17.3 Å². The molecule has 0 saturated carbocycles. The summed E-state index contributed by atoms with van der Waals surface area (Å²) in [5.74, 6) is -4.57. The highest BCUT2D eigenvalue weighted by Gasteiger charge is 2.58. The molecule has 3 atom stereocenters. The molecule has 1 rings (SSSR count). The highest BCUT2D eigenvalue weighted by molar-refractivity contribution is 6.21. The van der Waals surface area contributed by atoms with E-state index in [0.717, 1.165) is 0 Å². The molecule has 0 N–H and O–H groups in total. The fourth-order valence-electron chi connectivity index (χ4n) is 2.39. The third kappa shape index (κ3) is 3.48. The predicted molar refractivity (Wildman–Crippen MR) is 74.6 cm³/mol. The monoisotopic (exact) mass is 320 g/mol. The number of rotatable bonds is 6. The van der Waals surface area contributed by atoms with Crippen LogP contribution in [0.2, 0.25) is 0 Å². The Bertz CT molecular complexity index is 404. The van der Waals surface area contributed by atoms with Gasteiger partial charge in [-0.15, -0.1) is 11.6 Å². The minimum atomic E-state index is -1.36. The van der Waals surface area contributed by atoms with Crippen molar-refractivity contribution in [1.29, 1.82) is 0 Å². The molecule has 0 aromatic rings. The number of carbonyl (C=O) groups excluding carboxylic acids is 3. The zero-order chi connectivity index (χ0) is 16.2. The lowest BCUT2D eigenvalue weighted by Crippen LogP contribution is -2.46. The third-order valence-electron chi connectivity index (χ3n) is 3.81. The van der Waals surface area contributed by atoms with Gasteiger partial charge in [-0.2, -0.15) is 0 Å². The van der Waals surface area contributed by atoms with Crippen LogP contribution < -0.4 is 0 Å². The molecule has 0 unspecified atom stereocenters. The Kier molecular flexibility index (Phi) is 6.01. The van der Waals surface area contributed by atoms with Gasteiger partial charge in [0.15, 0.2) is 5.92 Å². The van der Waals surface area contributed by atoms with Gasteiger partial charge in [0.05, 0.1) is 25.7 Å². The topological polar surface area (TPSA) is 78.9 Å². The van der Waals surface area contributed by atoms with Crippen LogP contribution in [0.1, 0.15) is 27.7 Å². The standard InChI is InChI=1S/C14H21ClO6/c1-5-19-11(16)9(12(17)20-6-2)10-13(18)21-7-14(10,4)8(3)15/h8-10H,5-7H2,1-4H3/t8-,10+,14-/m0/s1. The SMILES string of the molecule is CCOC(=O)C(C(=O)OCC)[C@@H]1C(=O)OC[C@@]1(C)[C@H](C)Cl. The minimum absolute atomic E-state index is 0.0521. The maximum absolute atomic E-state index is 12.1. The Morgan fingerprint density at radius 2 is 1.81 bits per heavy atom. The summed E-state index contributed by atoms with van der Waals surface area (Å²) in [5, 5.41) is -0.472. The molecule has 6 nitrogen and oxygen atoms in total. The number of hydrogen-bond donors (Lipinski definition) is 0. The molecule has 0 aromatic carbocycles. The van der Waals surface area contributed by atoms with Crippen LogP contribution in [0.4, 0.5) is 0 Å². The van der Waals surface area contributed by atoms with E-state index >= 15 is 0 Å². The largest absolute Gasteiger partial charge is 0.465 e. The fourth-order valence-corrected chi connectivity index (χ4v) is 2.59. The normalized spacial score (nSPS) is 26.4. The molecule has 0 amide bonds. The zero-order valence-corrected chi connectivity index (χ0v) is 13.4. The van der Waals surface area contributed by atoms with E-state index in [9.17, 15) is 14.4 Å². The lowest BCUT2D eigenvalue weighted by Gasteiger charge is -2.32. The second-order valence-electron chi connectivity index (χ2n) is 5.19. The van der Waals surface area contributed by atoms with E-state index in [1.807, 2.05) is 0 Å². The number of alkyl halides is 1. The summed E-state index contributed by atoms with van der Waals surface area (Å²) in [6.45, 7) is 6.91. The van der Waals surface area contributed by atoms with E-state index in [-0.39, 0.29) is 19.8 Å². The molecule has 1 aliphatic heterocycles. The minimum Gasteiger partial charge on any atom is -0.465 e. The summed E-state index contributed by atoms with van der Waals surface area (Å²) in [6.07, 6.45) is 0. The van der Waals surface area contributed by atoms with Crippen LogP contribution in [-0.2, 0) is 28.6 Å². The van der Waals surface area contributed by atoms with Crippen molar-refractivity contribution in [3.05, 3.63) is 0 Å². The average Bonchev–Trinajstić information content (AvgIpc) is 2.70. The van der Waals surface area contributed by atoms with Gasteiger partial charge in [0.2, 0.25) is 0 Å². The Morgan fingerprint density at radius 1 is 1.33 bits per heavy atom. The van der Waals surface area contributed by atoms with E-state index in [4.69, 9.17) is 25.8 Å². The second kappa shape index (κ2) is 7.11. The lowest BCUT2D eigenvalue weighted by atomic mass is 9.70. The molecule has 0 spiro atoms. The first-order valence-electron chi connectivity index (χ1n) is 6.93. The lowest BCUT2D eigenvalue weighted by molar-refractivity contribution is -0.169. The molecule has 1 fully saturated rings. The Balaban J connectivity index is 3.19. The number of hydrogen-bond acceptors (Lipinski definition) is 6. The van der Waals surface area contributed by atoms with Crippen molar-refractivity contribution in [3.8, 4) is 0 Å². The van der Waals surface area contributed by atoms with Crippen molar-refractivity contribution in [3.63, 3.8) is 0 Å². The van der Waals surface area contributed by atoms with Crippen molar-refractivity contribution >= 4 is 29.5 Å². The van der Waals surface area contributed by atoms with Crippen molar-refractivity contribution in [1.82, 2.24) is 0 Å². The molecule has 1 saturated heterocycles. The average molecular weight is 321 g/mol. The van der Waals surface area contributed by atoms with Gasteiger partial charge in [0, 0.05) is 10.8 Å². The van der Waals surface area contributed by atoms with Gasteiger partial charge in [-0.25, -0.2) is 0 Å². The van der Waals surface area contributed by atoms with Gasteiger partial charge in [0.1, 0.15) is 0 Å². The number of halogens is 1. The van der Waals surface area contributed by atoms with Crippen molar-refractivity contribution in [2.24, 2.45) is 17.3 Å². The molecule has 0 aromatic heterocycles. The first-order valence-corrected chi connectivity index (χ1v) is 7.37. The molecular formula is C14H21ClO6. The summed E-state index contributed by atoms with van der Waals surface area (Å²) in [7, 11) is 0. The van der Waals surface area contributed by atoms with Gasteiger partial charge in [-0.05, 0) is 20.8 Å². The van der Waals surface area contributed by atoms with Crippen molar-refractivity contribution in [2.75, 3.05) is 19.8 Å². The van der Waals surface area contributed by atoms with Gasteiger partial charge in [0.25, 0.3) is 0 Å². The summed E-state index contributed by atoms with van der Waals surface area (Å²) < 4.78 is 14.9. The van der Waals surface area contributed by atoms with Crippen LogP contribution in [0.3, 0.4) is 0 Å². The quantitative estimate of drug-likeness (QED) is 0.320. The molecule has 120 valence electrons.